The molecule has 1 aliphatic rings. The maximum atomic E-state index is 14.3. The molecular weight excluding hydrogens is 785 g/mol. The molecule has 55 heavy (non-hydrogen) atoms. The molecular formula is C38H48N4O9S4. The van der Waals surface area contributed by atoms with Gasteiger partial charge in [-0.3, -0.25) is 0 Å². The van der Waals surface area contributed by atoms with E-state index in [4.69, 9.17) is 4.74 Å². The minimum absolute atomic E-state index is 0.00897. The zero-order chi connectivity index (χ0) is 40.0. The molecule has 0 aromatic heterocycles. The van der Waals surface area contributed by atoms with E-state index in [0.717, 1.165) is 39.5 Å². The third kappa shape index (κ3) is 10.3. The van der Waals surface area contributed by atoms with Crippen molar-refractivity contribution in [3.8, 4) is 0 Å². The van der Waals surface area contributed by atoms with Crippen molar-refractivity contribution in [2.24, 2.45) is 0 Å². The molecule has 17 heteroatoms. The van der Waals surface area contributed by atoms with Crippen molar-refractivity contribution in [3.05, 3.63) is 119 Å². The highest BCUT2D eigenvalue weighted by Gasteiger charge is 2.33. The molecule has 0 radical (unpaired) electrons. The lowest BCUT2D eigenvalue weighted by Gasteiger charge is -2.30. The van der Waals surface area contributed by atoms with Crippen molar-refractivity contribution < 1.29 is 38.4 Å². The summed E-state index contributed by atoms with van der Waals surface area (Å²) < 4.78 is 123. The Morgan fingerprint density at radius 1 is 0.327 bits per heavy atom. The van der Waals surface area contributed by atoms with Gasteiger partial charge in [-0.15, -0.1) is 0 Å². The number of benzene rings is 4. The van der Waals surface area contributed by atoms with Gasteiger partial charge in [0.05, 0.1) is 32.8 Å². The summed E-state index contributed by atoms with van der Waals surface area (Å²) in [6, 6.07) is 24.9. The maximum Gasteiger partial charge on any atom is 0.243 e. The number of hydrogen-bond donors (Lipinski definition) is 0. The molecule has 1 fully saturated rings. The van der Waals surface area contributed by atoms with E-state index in [-0.39, 0.29) is 85.2 Å². The molecule has 0 unspecified atom stereocenters. The Morgan fingerprint density at radius 2 is 0.509 bits per heavy atom. The van der Waals surface area contributed by atoms with Gasteiger partial charge in [-0.05, 0) is 76.2 Å². The molecule has 4 aromatic rings. The third-order valence-electron chi connectivity index (χ3n) is 9.40. The van der Waals surface area contributed by atoms with E-state index in [1.54, 1.807) is 48.5 Å². The standard InChI is InChI=1S/C38H48N4O9S4/c1-31-5-13-35(14-6-31)52(43,44)39-21-22-40(53(45,46)36-15-7-32(2)8-16-36)24-26-42(55(49,50)38-19-11-34(4)12-20-38)28-30-51-29-27-41(25-23-39)54(47,48)37-17-9-33(3)10-18-37/h5-20H,21-30H2,1-4H3. The quantitative estimate of drug-likeness (QED) is 0.256. The molecule has 0 saturated carbocycles. The smallest absolute Gasteiger partial charge is 0.243 e. The zero-order valence-corrected chi connectivity index (χ0v) is 34.7. The summed E-state index contributed by atoms with van der Waals surface area (Å²) in [5, 5.41) is 0. The summed E-state index contributed by atoms with van der Waals surface area (Å²) in [5.41, 5.74) is 3.36. The summed E-state index contributed by atoms with van der Waals surface area (Å²) in [6.07, 6.45) is 0. The fraction of sp³-hybridized carbons (Fsp3) is 0.368. The number of aryl methyl sites for hydroxylation is 4. The van der Waals surface area contributed by atoms with Gasteiger partial charge in [0, 0.05) is 52.4 Å². The molecule has 0 amide bonds. The van der Waals surface area contributed by atoms with Gasteiger partial charge in [0.1, 0.15) is 0 Å². The molecule has 1 heterocycles. The van der Waals surface area contributed by atoms with Crippen molar-refractivity contribution in [1.29, 1.82) is 0 Å². The summed E-state index contributed by atoms with van der Waals surface area (Å²) in [6.45, 7) is 4.82. The van der Waals surface area contributed by atoms with Crippen LogP contribution in [0.25, 0.3) is 0 Å². The van der Waals surface area contributed by atoms with Crippen LogP contribution in [-0.4, -0.2) is 116 Å². The lowest BCUT2D eigenvalue weighted by atomic mass is 10.2. The Morgan fingerprint density at radius 3 is 0.709 bits per heavy atom. The monoisotopic (exact) mass is 832 g/mol. The van der Waals surface area contributed by atoms with Crippen LogP contribution in [0.1, 0.15) is 22.3 Å². The molecule has 298 valence electrons. The normalized spacial score (nSPS) is 17.7. The second-order valence-corrected chi connectivity index (χ2v) is 21.2. The predicted octanol–water partition coefficient (Wildman–Crippen LogP) is 4.01. The predicted molar refractivity (Wildman–Crippen MR) is 211 cm³/mol. The molecule has 1 aliphatic heterocycles. The van der Waals surface area contributed by atoms with Crippen LogP contribution in [0, 0.1) is 27.7 Å². The Labute approximate surface area is 326 Å². The first kappa shape index (κ1) is 42.6. The molecule has 0 N–H and O–H groups in total. The molecule has 0 aliphatic carbocycles. The Bertz CT molecular complexity index is 2190. The molecule has 0 spiro atoms. The van der Waals surface area contributed by atoms with Crippen molar-refractivity contribution >= 4 is 40.1 Å². The van der Waals surface area contributed by atoms with Crippen LogP contribution in [-0.2, 0) is 44.8 Å². The lowest BCUT2D eigenvalue weighted by molar-refractivity contribution is 0.112. The van der Waals surface area contributed by atoms with E-state index in [1.807, 2.05) is 27.7 Å². The average molecular weight is 833 g/mol. The first-order valence-electron chi connectivity index (χ1n) is 17.8. The van der Waals surface area contributed by atoms with Gasteiger partial charge in [0.15, 0.2) is 0 Å². The number of sulfonamides is 4. The molecule has 5 rings (SSSR count). The van der Waals surface area contributed by atoms with Crippen molar-refractivity contribution in [3.63, 3.8) is 0 Å². The Kier molecular flexibility index (Phi) is 13.7. The van der Waals surface area contributed by atoms with Crippen LogP contribution in [0.2, 0.25) is 0 Å². The first-order valence-corrected chi connectivity index (χ1v) is 23.5. The van der Waals surface area contributed by atoms with Crippen LogP contribution in [0.5, 0.6) is 0 Å². The average Bonchev–Trinajstić information content (AvgIpc) is 3.14. The van der Waals surface area contributed by atoms with E-state index in [2.05, 4.69) is 0 Å². The van der Waals surface area contributed by atoms with Crippen LogP contribution in [0.15, 0.2) is 117 Å². The van der Waals surface area contributed by atoms with Crippen molar-refractivity contribution in [2.75, 3.05) is 65.6 Å². The second-order valence-electron chi connectivity index (χ2n) is 13.5. The lowest BCUT2D eigenvalue weighted by Crippen LogP contribution is -2.47. The van der Waals surface area contributed by atoms with Gasteiger partial charge < -0.3 is 4.74 Å². The minimum Gasteiger partial charge on any atom is -0.379 e. The molecule has 0 bridgehead atoms. The number of rotatable bonds is 8. The van der Waals surface area contributed by atoms with Gasteiger partial charge >= 0.3 is 0 Å². The third-order valence-corrected chi connectivity index (χ3v) is 17.1. The van der Waals surface area contributed by atoms with E-state index in [1.165, 1.54) is 48.5 Å². The van der Waals surface area contributed by atoms with Crippen LogP contribution < -0.4 is 0 Å². The van der Waals surface area contributed by atoms with Gasteiger partial charge in [-0.1, -0.05) is 70.8 Å². The Balaban J connectivity index is 1.58. The number of hydrogen-bond acceptors (Lipinski definition) is 9. The molecule has 1 saturated heterocycles. The highest BCUT2D eigenvalue weighted by atomic mass is 32.2. The van der Waals surface area contributed by atoms with Crippen molar-refractivity contribution in [1.82, 2.24) is 17.2 Å². The summed E-state index contributed by atoms with van der Waals surface area (Å²) in [7, 11) is -16.9. The molecule has 13 nitrogen and oxygen atoms in total. The van der Waals surface area contributed by atoms with E-state index in [0.29, 0.717) is 0 Å². The van der Waals surface area contributed by atoms with E-state index in [9.17, 15) is 33.7 Å². The second kappa shape index (κ2) is 17.7. The van der Waals surface area contributed by atoms with E-state index >= 15 is 0 Å². The largest absolute Gasteiger partial charge is 0.379 e. The number of ether oxygens (including phenoxy) is 1. The molecule has 4 aromatic carbocycles. The van der Waals surface area contributed by atoms with Crippen molar-refractivity contribution in [2.45, 2.75) is 47.3 Å². The fourth-order valence-corrected chi connectivity index (χ4v) is 11.6. The first-order chi connectivity index (χ1) is 25.9. The number of nitrogens with zero attached hydrogens (tertiary/aromatic N) is 4. The topological polar surface area (TPSA) is 159 Å². The van der Waals surface area contributed by atoms with Crippen LogP contribution in [0.4, 0.5) is 0 Å². The van der Waals surface area contributed by atoms with Gasteiger partial charge in [0.25, 0.3) is 0 Å². The highest BCUT2D eigenvalue weighted by Crippen LogP contribution is 2.23. The van der Waals surface area contributed by atoms with Gasteiger partial charge in [-0.25, -0.2) is 33.7 Å². The summed E-state index contributed by atoms with van der Waals surface area (Å²) in [5.74, 6) is 0. The summed E-state index contributed by atoms with van der Waals surface area (Å²) >= 11 is 0. The maximum absolute atomic E-state index is 14.3. The van der Waals surface area contributed by atoms with Gasteiger partial charge in [-0.2, -0.15) is 17.2 Å². The highest BCUT2D eigenvalue weighted by molar-refractivity contribution is 7.90. The van der Waals surface area contributed by atoms with Crippen LogP contribution in [0.3, 0.4) is 0 Å². The SMILES string of the molecule is Cc1ccc(S(=O)(=O)N2CCOCCN(S(=O)(=O)c3ccc(C)cc3)CCN(S(=O)(=O)c3ccc(C)cc3)CCN(S(=O)(=O)c3ccc(C)cc3)CC2)cc1. The van der Waals surface area contributed by atoms with Crippen LogP contribution >= 0.6 is 0 Å². The van der Waals surface area contributed by atoms with Gasteiger partial charge in [0.2, 0.25) is 40.1 Å². The van der Waals surface area contributed by atoms with E-state index < -0.39 is 40.1 Å². The fourth-order valence-electron chi connectivity index (χ4n) is 5.95. The molecule has 0 atom stereocenters. The minimum atomic E-state index is -4.29. The summed E-state index contributed by atoms with van der Waals surface area (Å²) in [4.78, 5) is -0.0735. The zero-order valence-electron chi connectivity index (χ0n) is 31.4. The Hall–Kier alpha value is -3.52.